The van der Waals surface area contributed by atoms with Gasteiger partial charge in [-0.05, 0) is 38.0 Å². The molecule has 2 aromatic rings. The van der Waals surface area contributed by atoms with Crippen LogP contribution in [0.15, 0.2) is 75.2 Å². The van der Waals surface area contributed by atoms with Crippen molar-refractivity contribution in [3.63, 3.8) is 0 Å². The maximum absolute atomic E-state index is 13.1. The first-order valence-electron chi connectivity index (χ1n) is 11.3. The third-order valence-corrected chi connectivity index (χ3v) is 6.78. The van der Waals surface area contributed by atoms with E-state index >= 15 is 0 Å². The minimum atomic E-state index is -4.06. The lowest BCUT2D eigenvalue weighted by Gasteiger charge is -2.14. The zero-order valence-corrected chi connectivity index (χ0v) is 20.2. The highest BCUT2D eigenvalue weighted by Gasteiger charge is 2.38. The number of hydrogen-bond donors (Lipinski definition) is 0. The van der Waals surface area contributed by atoms with E-state index in [1.165, 1.54) is 12.1 Å². The van der Waals surface area contributed by atoms with Crippen molar-refractivity contribution in [2.45, 2.75) is 63.9 Å². The van der Waals surface area contributed by atoms with Gasteiger partial charge >= 0.3 is 5.97 Å². The van der Waals surface area contributed by atoms with Crippen LogP contribution in [-0.2, 0) is 24.3 Å². The van der Waals surface area contributed by atoms with Crippen molar-refractivity contribution in [3.8, 4) is 0 Å². The van der Waals surface area contributed by atoms with E-state index in [4.69, 9.17) is 9.47 Å². The van der Waals surface area contributed by atoms with E-state index in [-0.39, 0.29) is 22.8 Å². The van der Waals surface area contributed by atoms with Gasteiger partial charge in [0.15, 0.2) is 6.10 Å². The molecular formula is C26H31NO5S. The number of carbonyl (C=O) groups is 1. The second-order valence-electron chi connectivity index (χ2n) is 8.15. The number of unbranched alkanes of at least 4 members (excludes halogenated alkanes) is 4. The molecule has 0 radical (unpaired) electrons. The number of esters is 1. The summed E-state index contributed by atoms with van der Waals surface area (Å²) in [5.74, 6) is -0.308. The Bertz CT molecular complexity index is 1120. The summed E-state index contributed by atoms with van der Waals surface area (Å²) in [4.78, 5) is 13.0. The van der Waals surface area contributed by atoms with Crippen LogP contribution in [0.1, 0.15) is 63.2 Å². The Balaban J connectivity index is 1.90. The highest BCUT2D eigenvalue weighted by Crippen LogP contribution is 2.35. The van der Waals surface area contributed by atoms with Gasteiger partial charge in [-0.3, -0.25) is 0 Å². The van der Waals surface area contributed by atoms with Crippen molar-refractivity contribution in [2.24, 2.45) is 4.40 Å². The first kappa shape index (κ1) is 24.7. The summed E-state index contributed by atoms with van der Waals surface area (Å²) in [6, 6.07) is 15.6. The first-order valence-corrected chi connectivity index (χ1v) is 12.8. The van der Waals surface area contributed by atoms with Gasteiger partial charge in [-0.1, -0.05) is 80.6 Å². The molecule has 1 aliphatic rings. The number of sulfonamides is 1. The predicted octanol–water partition coefficient (Wildman–Crippen LogP) is 5.68. The summed E-state index contributed by atoms with van der Waals surface area (Å²) in [7, 11) is -4.06. The predicted molar refractivity (Wildman–Crippen MR) is 128 cm³/mol. The molecule has 6 nitrogen and oxygen atoms in total. The van der Waals surface area contributed by atoms with E-state index in [0.29, 0.717) is 11.3 Å². The van der Waals surface area contributed by atoms with Gasteiger partial charge in [-0.15, -0.1) is 0 Å². The molecule has 0 amide bonds. The summed E-state index contributed by atoms with van der Waals surface area (Å²) in [5.41, 5.74) is 1.77. The van der Waals surface area contributed by atoms with Gasteiger partial charge in [-0.25, -0.2) is 4.79 Å². The lowest BCUT2D eigenvalue weighted by molar-refractivity contribution is -0.138. The van der Waals surface area contributed by atoms with Crippen LogP contribution in [0.2, 0.25) is 0 Å². The number of rotatable bonds is 10. The highest BCUT2D eigenvalue weighted by molar-refractivity contribution is 7.90. The molecule has 0 aliphatic carbocycles. The second kappa shape index (κ2) is 11.3. The van der Waals surface area contributed by atoms with Gasteiger partial charge in [0.25, 0.3) is 10.0 Å². The molecule has 33 heavy (non-hydrogen) atoms. The Kier molecular flexibility index (Phi) is 8.44. The van der Waals surface area contributed by atoms with E-state index < -0.39 is 22.1 Å². The molecular weight excluding hydrogens is 438 g/mol. The van der Waals surface area contributed by atoms with Crippen molar-refractivity contribution < 1.29 is 22.7 Å². The number of hydrogen-bond acceptors (Lipinski definition) is 5. The lowest BCUT2D eigenvalue weighted by atomic mass is 10.0. The van der Waals surface area contributed by atoms with Gasteiger partial charge in [0, 0.05) is 0 Å². The second-order valence-corrected chi connectivity index (χ2v) is 9.76. The molecule has 7 heteroatoms. The standard InChI is InChI=1S/C26H31NO5S/c1-4-5-6-7-11-18-31-26(28)23-20(3)32-25(21-12-9-8-10-13-21)24(23)27-33(29,30)22-16-14-19(2)15-17-22/h8-10,12-17,25H,4-7,11,18H2,1-3H3/b27-24-. The molecule has 0 saturated carbocycles. The third-order valence-electron chi connectivity index (χ3n) is 5.48. The molecule has 0 bridgehead atoms. The monoisotopic (exact) mass is 469 g/mol. The quantitative estimate of drug-likeness (QED) is 0.330. The topological polar surface area (TPSA) is 82.0 Å². The first-order chi connectivity index (χ1) is 15.8. The van der Waals surface area contributed by atoms with Crippen molar-refractivity contribution in [1.29, 1.82) is 0 Å². The Morgan fingerprint density at radius 3 is 2.30 bits per heavy atom. The molecule has 176 valence electrons. The zero-order valence-electron chi connectivity index (χ0n) is 19.4. The molecule has 1 unspecified atom stereocenters. The van der Waals surface area contributed by atoms with Gasteiger partial charge in [-0.2, -0.15) is 12.8 Å². The maximum Gasteiger partial charge on any atom is 0.343 e. The largest absolute Gasteiger partial charge is 0.483 e. The van der Waals surface area contributed by atoms with Gasteiger partial charge < -0.3 is 9.47 Å². The molecule has 0 fully saturated rings. The lowest BCUT2D eigenvalue weighted by Crippen LogP contribution is -2.20. The SMILES string of the molecule is CCCCCCCOC(=O)C1=C(C)OC(c2ccccc2)/C1=N\S(=O)(=O)c1ccc(C)cc1. The van der Waals surface area contributed by atoms with E-state index in [2.05, 4.69) is 11.3 Å². The fourth-order valence-corrected chi connectivity index (χ4v) is 4.66. The highest BCUT2D eigenvalue weighted by atomic mass is 32.2. The summed E-state index contributed by atoms with van der Waals surface area (Å²) in [6.45, 7) is 5.92. The minimum Gasteiger partial charge on any atom is -0.483 e. The zero-order chi connectivity index (χ0) is 23.8. The van der Waals surface area contributed by atoms with Gasteiger partial charge in [0.2, 0.25) is 0 Å². The fraction of sp³-hybridized carbons (Fsp3) is 0.385. The van der Waals surface area contributed by atoms with Crippen LogP contribution in [0.4, 0.5) is 0 Å². The summed E-state index contributed by atoms with van der Waals surface area (Å²) in [6.07, 6.45) is 4.31. The summed E-state index contributed by atoms with van der Waals surface area (Å²) < 4.78 is 41.7. The smallest absolute Gasteiger partial charge is 0.343 e. The molecule has 0 spiro atoms. The Labute approximate surface area is 196 Å². The van der Waals surface area contributed by atoms with Crippen LogP contribution in [0.5, 0.6) is 0 Å². The van der Waals surface area contributed by atoms with E-state index in [9.17, 15) is 13.2 Å². The summed E-state index contributed by atoms with van der Waals surface area (Å²) in [5, 5.41) is 0. The number of nitrogens with zero attached hydrogens (tertiary/aromatic N) is 1. The molecule has 2 aromatic carbocycles. The van der Waals surface area contributed by atoms with E-state index in [0.717, 1.165) is 37.7 Å². The maximum atomic E-state index is 13.1. The fourth-order valence-electron chi connectivity index (χ4n) is 3.63. The van der Waals surface area contributed by atoms with Gasteiger partial charge in [0.05, 0.1) is 11.5 Å². The van der Waals surface area contributed by atoms with Crippen LogP contribution >= 0.6 is 0 Å². The van der Waals surface area contributed by atoms with Crippen LogP contribution in [0.25, 0.3) is 0 Å². The van der Waals surface area contributed by atoms with E-state index in [1.54, 1.807) is 19.1 Å². The Hall–Kier alpha value is -2.93. The molecule has 0 N–H and O–H groups in total. The van der Waals surface area contributed by atoms with Crippen molar-refractivity contribution in [1.82, 2.24) is 0 Å². The van der Waals surface area contributed by atoms with Crippen molar-refractivity contribution >= 4 is 21.7 Å². The van der Waals surface area contributed by atoms with Crippen LogP contribution in [0, 0.1) is 6.92 Å². The van der Waals surface area contributed by atoms with Crippen LogP contribution in [0.3, 0.4) is 0 Å². The normalized spacial score (nSPS) is 17.3. The number of carbonyl (C=O) groups excluding carboxylic acids is 1. The molecule has 0 aromatic heterocycles. The number of aryl methyl sites for hydroxylation is 1. The average molecular weight is 470 g/mol. The number of benzene rings is 2. The molecule has 1 heterocycles. The number of allylic oxidation sites excluding steroid dienone is 1. The Morgan fingerprint density at radius 2 is 1.64 bits per heavy atom. The minimum absolute atomic E-state index is 0.0512. The average Bonchev–Trinajstić information content (AvgIpc) is 3.12. The summed E-state index contributed by atoms with van der Waals surface area (Å²) >= 11 is 0. The van der Waals surface area contributed by atoms with E-state index in [1.807, 2.05) is 37.3 Å². The van der Waals surface area contributed by atoms with Crippen molar-refractivity contribution in [2.75, 3.05) is 6.61 Å². The number of ether oxygens (including phenoxy) is 2. The van der Waals surface area contributed by atoms with Gasteiger partial charge in [0.1, 0.15) is 17.0 Å². The molecule has 1 aliphatic heterocycles. The van der Waals surface area contributed by atoms with Crippen LogP contribution < -0.4 is 0 Å². The Morgan fingerprint density at radius 1 is 0.970 bits per heavy atom. The van der Waals surface area contributed by atoms with Crippen LogP contribution in [-0.4, -0.2) is 26.7 Å². The molecule has 1 atom stereocenters. The molecule has 0 saturated heterocycles. The molecule has 3 rings (SSSR count). The third kappa shape index (κ3) is 6.32. The van der Waals surface area contributed by atoms with Crippen molar-refractivity contribution in [3.05, 3.63) is 77.1 Å².